The normalized spacial score (nSPS) is 14.5. The number of halogens is 4. The largest absolute Gasteiger partial charge is 0.416 e. The molecule has 1 aliphatic carbocycles. The Hall–Kier alpha value is -4.84. The molecule has 0 unspecified atom stereocenters. The fourth-order valence-electron chi connectivity index (χ4n) is 5.63. The minimum atomic E-state index is -4.64. The molecule has 7 nitrogen and oxygen atoms in total. The number of thiophene rings is 1. The zero-order valence-corrected chi connectivity index (χ0v) is 24.7. The molecule has 1 fully saturated rings. The van der Waals surface area contributed by atoms with Crippen molar-refractivity contribution in [1.29, 1.82) is 0 Å². The fraction of sp³-hybridized carbons (Fsp3) is 0.212. The van der Waals surface area contributed by atoms with E-state index in [1.54, 1.807) is 49.5 Å². The van der Waals surface area contributed by atoms with Crippen LogP contribution < -0.4 is 10.2 Å². The lowest BCUT2D eigenvalue weighted by molar-refractivity contribution is -0.137. The summed E-state index contributed by atoms with van der Waals surface area (Å²) in [5.41, 5.74) is 3.25. The number of carbonyl (C=O) groups is 2. The van der Waals surface area contributed by atoms with Crippen LogP contribution in [0.25, 0.3) is 21.7 Å². The average Bonchev–Trinajstić information content (AvgIpc) is 3.62. The molecule has 2 aliphatic rings. The monoisotopic (exact) mass is 631 g/mol. The highest BCUT2D eigenvalue weighted by Gasteiger charge is 2.35. The summed E-state index contributed by atoms with van der Waals surface area (Å²) < 4.78 is 56.1. The molecule has 2 N–H and O–H groups in total. The second kappa shape index (κ2) is 11.0. The number of aromatic amines is 1. The molecule has 1 saturated carbocycles. The van der Waals surface area contributed by atoms with Crippen LogP contribution in [0.5, 0.6) is 0 Å². The number of hydrogen-bond acceptors (Lipinski definition) is 5. The van der Waals surface area contributed by atoms with Crippen molar-refractivity contribution in [1.82, 2.24) is 15.2 Å². The molecule has 45 heavy (non-hydrogen) atoms. The highest BCUT2D eigenvalue weighted by Crippen LogP contribution is 2.45. The van der Waals surface area contributed by atoms with Gasteiger partial charge in [0.1, 0.15) is 11.5 Å². The Morgan fingerprint density at radius 2 is 1.84 bits per heavy atom. The van der Waals surface area contributed by atoms with Crippen LogP contribution in [0.3, 0.4) is 0 Å². The zero-order chi connectivity index (χ0) is 31.5. The maximum Gasteiger partial charge on any atom is 0.416 e. The number of para-hydroxylation sites is 1. The Morgan fingerprint density at radius 3 is 2.60 bits per heavy atom. The standard InChI is InChI=1S/C33H25F4N5O2S/c1-17-4-2-5-23(34)28(17)40-31(43)27-14-19-12-13-42(26-15-20(33(35,36)37)10-11-21(26)30(19)45-27)32(44)25-7-3-6-24(39-25)22-16-38-41-29(22)18-8-9-18/h2-7,10-11,14-16,18H,8-9,12-13H2,1H3,(H,38,41)(H,40,43). The Kier molecular flexibility index (Phi) is 7.03. The average molecular weight is 632 g/mol. The molecule has 12 heteroatoms. The van der Waals surface area contributed by atoms with Crippen molar-refractivity contribution < 1.29 is 27.2 Å². The van der Waals surface area contributed by atoms with E-state index < -0.39 is 29.4 Å². The van der Waals surface area contributed by atoms with Crippen molar-refractivity contribution >= 4 is 34.5 Å². The summed E-state index contributed by atoms with van der Waals surface area (Å²) in [7, 11) is 0. The minimum Gasteiger partial charge on any atom is -0.319 e. The van der Waals surface area contributed by atoms with Crippen molar-refractivity contribution in [3.05, 3.63) is 106 Å². The maximum absolute atomic E-state index is 14.4. The molecule has 3 aromatic heterocycles. The summed E-state index contributed by atoms with van der Waals surface area (Å²) >= 11 is 1.08. The molecule has 7 rings (SSSR count). The number of H-pyrrole nitrogens is 1. The first-order valence-corrected chi connectivity index (χ1v) is 15.1. The van der Waals surface area contributed by atoms with Crippen LogP contribution in [0.1, 0.15) is 61.3 Å². The lowest BCUT2D eigenvalue weighted by Crippen LogP contribution is -2.33. The van der Waals surface area contributed by atoms with Crippen LogP contribution in [-0.4, -0.2) is 33.5 Å². The van der Waals surface area contributed by atoms with Gasteiger partial charge in [0.15, 0.2) is 0 Å². The van der Waals surface area contributed by atoms with Gasteiger partial charge in [0.25, 0.3) is 11.8 Å². The third kappa shape index (κ3) is 5.39. The number of aromatic nitrogens is 3. The SMILES string of the molecule is Cc1cccc(F)c1NC(=O)c1cc2c(s1)-c1ccc(C(F)(F)F)cc1N(C(=O)c1cccc(-c3cn[nH]c3C3CC3)n1)CC2. The van der Waals surface area contributed by atoms with Crippen LogP contribution in [0, 0.1) is 12.7 Å². The zero-order valence-electron chi connectivity index (χ0n) is 23.8. The van der Waals surface area contributed by atoms with E-state index in [2.05, 4.69) is 20.5 Å². The molecule has 2 aromatic carbocycles. The number of nitrogens with one attached hydrogen (secondary N) is 2. The van der Waals surface area contributed by atoms with Crippen molar-refractivity contribution in [2.45, 2.75) is 38.3 Å². The number of anilines is 2. The van der Waals surface area contributed by atoms with Gasteiger partial charge in [-0.3, -0.25) is 14.7 Å². The molecule has 0 radical (unpaired) electrons. The number of benzene rings is 2. The first-order valence-electron chi connectivity index (χ1n) is 14.3. The van der Waals surface area contributed by atoms with Crippen LogP contribution in [-0.2, 0) is 12.6 Å². The molecule has 0 saturated heterocycles. The van der Waals surface area contributed by atoms with Gasteiger partial charge in [0, 0.05) is 34.2 Å². The summed E-state index contributed by atoms with van der Waals surface area (Å²) in [6.45, 7) is 1.73. The van der Waals surface area contributed by atoms with Gasteiger partial charge in [-0.15, -0.1) is 11.3 Å². The second-order valence-corrected chi connectivity index (χ2v) is 12.2. The summed E-state index contributed by atoms with van der Waals surface area (Å²) in [5.74, 6) is -1.29. The number of hydrogen-bond donors (Lipinski definition) is 2. The van der Waals surface area contributed by atoms with Crippen molar-refractivity contribution in [3.8, 4) is 21.7 Å². The quantitative estimate of drug-likeness (QED) is 0.192. The van der Waals surface area contributed by atoms with Crippen LogP contribution in [0.15, 0.2) is 66.9 Å². The van der Waals surface area contributed by atoms with Crippen LogP contribution in [0.2, 0.25) is 0 Å². The van der Waals surface area contributed by atoms with E-state index in [9.17, 15) is 27.2 Å². The number of aryl methyl sites for hydroxylation is 1. The Balaban J connectivity index is 1.26. The highest BCUT2D eigenvalue weighted by atomic mass is 32.1. The summed E-state index contributed by atoms with van der Waals surface area (Å²) in [6, 6.07) is 14.4. The van der Waals surface area contributed by atoms with E-state index in [-0.39, 0.29) is 34.9 Å². The highest BCUT2D eigenvalue weighted by molar-refractivity contribution is 7.17. The van der Waals surface area contributed by atoms with E-state index in [4.69, 9.17) is 0 Å². The molecular weight excluding hydrogens is 606 g/mol. The van der Waals surface area contributed by atoms with E-state index in [0.717, 1.165) is 47.6 Å². The minimum absolute atomic E-state index is 0.0509. The summed E-state index contributed by atoms with van der Waals surface area (Å²) in [5, 5.41) is 9.80. The van der Waals surface area contributed by atoms with Gasteiger partial charge in [-0.2, -0.15) is 18.3 Å². The first kappa shape index (κ1) is 28.9. The van der Waals surface area contributed by atoms with Gasteiger partial charge in [-0.1, -0.05) is 24.3 Å². The van der Waals surface area contributed by atoms with E-state index in [0.29, 0.717) is 33.2 Å². The molecule has 0 atom stereocenters. The summed E-state index contributed by atoms with van der Waals surface area (Å²) in [6.07, 6.45) is -0.630. The van der Waals surface area contributed by atoms with Gasteiger partial charge >= 0.3 is 6.18 Å². The van der Waals surface area contributed by atoms with Crippen molar-refractivity contribution in [2.75, 3.05) is 16.8 Å². The molecular formula is C33H25F4N5O2S. The van der Waals surface area contributed by atoms with Crippen molar-refractivity contribution in [2.24, 2.45) is 0 Å². The number of rotatable bonds is 5. The number of alkyl halides is 3. The first-order chi connectivity index (χ1) is 21.6. The number of nitrogens with zero attached hydrogens (tertiary/aromatic N) is 3. The van der Waals surface area contributed by atoms with Gasteiger partial charge in [0.2, 0.25) is 0 Å². The van der Waals surface area contributed by atoms with Gasteiger partial charge in [-0.05, 0) is 73.7 Å². The Labute approximate surface area is 258 Å². The Morgan fingerprint density at radius 1 is 1.04 bits per heavy atom. The third-order valence-electron chi connectivity index (χ3n) is 8.10. The predicted molar refractivity (Wildman–Crippen MR) is 163 cm³/mol. The number of carbonyl (C=O) groups excluding carboxylic acids is 2. The van der Waals surface area contributed by atoms with E-state index >= 15 is 0 Å². The van der Waals surface area contributed by atoms with Crippen LogP contribution in [0.4, 0.5) is 28.9 Å². The predicted octanol–water partition coefficient (Wildman–Crippen LogP) is 8.00. The molecule has 5 aromatic rings. The molecule has 1 aliphatic heterocycles. The lowest BCUT2D eigenvalue weighted by atomic mass is 10.0. The van der Waals surface area contributed by atoms with Crippen LogP contribution >= 0.6 is 11.3 Å². The van der Waals surface area contributed by atoms with Gasteiger partial charge in [-0.25, -0.2) is 9.37 Å². The van der Waals surface area contributed by atoms with Gasteiger partial charge in [0.05, 0.1) is 33.7 Å². The second-order valence-electron chi connectivity index (χ2n) is 11.2. The fourth-order valence-corrected chi connectivity index (χ4v) is 6.77. The maximum atomic E-state index is 14.4. The van der Waals surface area contributed by atoms with E-state index in [1.165, 1.54) is 17.0 Å². The molecule has 0 bridgehead atoms. The smallest absolute Gasteiger partial charge is 0.319 e. The molecule has 4 heterocycles. The van der Waals surface area contributed by atoms with E-state index in [1.807, 2.05) is 0 Å². The summed E-state index contributed by atoms with van der Waals surface area (Å²) in [4.78, 5) is 34.0. The van der Waals surface area contributed by atoms with Crippen molar-refractivity contribution in [3.63, 3.8) is 0 Å². The Bertz CT molecular complexity index is 1960. The molecule has 0 spiro atoms. The number of fused-ring (bicyclic) bond motifs is 3. The van der Waals surface area contributed by atoms with Gasteiger partial charge < -0.3 is 10.2 Å². The number of pyridine rings is 1. The molecule has 228 valence electrons. The number of amides is 2. The third-order valence-corrected chi connectivity index (χ3v) is 9.31. The topological polar surface area (TPSA) is 91.0 Å². The molecule has 2 amide bonds. The lowest BCUT2D eigenvalue weighted by Gasteiger charge is -2.24.